The molecule has 0 N–H and O–H groups in total. The van der Waals surface area contributed by atoms with Crippen molar-refractivity contribution in [1.82, 2.24) is 4.90 Å². The minimum absolute atomic E-state index is 0.0948. The minimum atomic E-state index is -0.621. The Hall–Kier alpha value is -2.84. The van der Waals surface area contributed by atoms with E-state index in [1.807, 2.05) is 6.92 Å². The Labute approximate surface area is 171 Å². The molecule has 0 spiro atoms. The number of thiocarbonyl (C=S) groups is 1. The summed E-state index contributed by atoms with van der Waals surface area (Å²) in [6.07, 6.45) is 4.75. The Morgan fingerprint density at radius 1 is 1.36 bits per heavy atom. The highest BCUT2D eigenvalue weighted by Gasteiger charge is 2.31. The summed E-state index contributed by atoms with van der Waals surface area (Å²) in [5, 5.41) is 0. The van der Waals surface area contributed by atoms with E-state index >= 15 is 0 Å². The van der Waals surface area contributed by atoms with Crippen molar-refractivity contribution >= 4 is 46.3 Å². The Kier molecular flexibility index (Phi) is 6.33. The van der Waals surface area contributed by atoms with Gasteiger partial charge < -0.3 is 13.9 Å². The van der Waals surface area contributed by atoms with Crippen molar-refractivity contribution in [3.8, 4) is 11.5 Å². The number of ether oxygens (including phenoxy) is 2. The van der Waals surface area contributed by atoms with E-state index in [1.54, 1.807) is 36.4 Å². The van der Waals surface area contributed by atoms with Crippen LogP contribution in [0.2, 0.25) is 0 Å². The number of hydrogen-bond acceptors (Lipinski definition) is 7. The summed E-state index contributed by atoms with van der Waals surface area (Å²) in [5.41, 5.74) is 0.723. The molecule has 1 saturated heterocycles. The van der Waals surface area contributed by atoms with Gasteiger partial charge in [-0.05, 0) is 42.8 Å². The summed E-state index contributed by atoms with van der Waals surface area (Å²) < 4.78 is 16.5. The van der Waals surface area contributed by atoms with Crippen molar-refractivity contribution in [3.05, 3.63) is 65.5 Å². The molecule has 0 unspecified atom stereocenters. The van der Waals surface area contributed by atoms with E-state index in [4.69, 9.17) is 26.1 Å². The number of amides is 1. The van der Waals surface area contributed by atoms with Gasteiger partial charge in [0.05, 0.1) is 17.8 Å². The molecular weight excluding hydrogens is 398 g/mol. The number of hydrogen-bond donors (Lipinski definition) is 0. The van der Waals surface area contributed by atoms with Crippen LogP contribution in [0.25, 0.3) is 6.08 Å². The van der Waals surface area contributed by atoms with Crippen LogP contribution in [0.3, 0.4) is 0 Å². The van der Waals surface area contributed by atoms with Gasteiger partial charge in [0.25, 0.3) is 5.91 Å². The van der Waals surface area contributed by atoms with Crippen LogP contribution in [0.4, 0.5) is 0 Å². The monoisotopic (exact) mass is 415 g/mol. The van der Waals surface area contributed by atoms with Crippen LogP contribution in [0.15, 0.2) is 58.6 Å². The first kappa shape index (κ1) is 19.9. The summed E-state index contributed by atoms with van der Waals surface area (Å²) in [5.74, 6) is -0.0417. The largest absolute Gasteiger partial charge is 0.490 e. The van der Waals surface area contributed by atoms with E-state index < -0.39 is 5.97 Å². The van der Waals surface area contributed by atoms with Gasteiger partial charge in [0.15, 0.2) is 11.5 Å². The molecule has 2 heterocycles. The van der Waals surface area contributed by atoms with Gasteiger partial charge in [0, 0.05) is 6.54 Å². The predicted octanol–water partition coefficient (Wildman–Crippen LogP) is 4.28. The van der Waals surface area contributed by atoms with Crippen LogP contribution in [0, 0.1) is 0 Å². The summed E-state index contributed by atoms with van der Waals surface area (Å²) in [6, 6.07) is 8.16. The number of rotatable bonds is 7. The molecule has 0 atom stereocenters. The number of benzene rings is 1. The number of carbonyl (C=O) groups is 2. The lowest BCUT2D eigenvalue weighted by molar-refractivity contribution is -0.121. The Morgan fingerprint density at radius 3 is 2.86 bits per heavy atom. The maximum atomic E-state index is 12.5. The van der Waals surface area contributed by atoms with Crippen molar-refractivity contribution in [3.63, 3.8) is 0 Å². The summed E-state index contributed by atoms with van der Waals surface area (Å²) in [7, 11) is 0. The lowest BCUT2D eigenvalue weighted by Crippen LogP contribution is -2.27. The van der Waals surface area contributed by atoms with Gasteiger partial charge in [-0.1, -0.05) is 36.1 Å². The molecule has 1 aliphatic heterocycles. The van der Waals surface area contributed by atoms with Gasteiger partial charge in [-0.25, -0.2) is 4.79 Å². The van der Waals surface area contributed by atoms with E-state index in [1.165, 1.54) is 29.0 Å². The van der Waals surface area contributed by atoms with E-state index in [-0.39, 0.29) is 17.4 Å². The second-order valence-electron chi connectivity index (χ2n) is 5.59. The maximum absolute atomic E-state index is 12.5. The lowest BCUT2D eigenvalue weighted by Gasteiger charge is -2.11. The van der Waals surface area contributed by atoms with Crippen LogP contribution < -0.4 is 9.47 Å². The lowest BCUT2D eigenvalue weighted by atomic mass is 10.2. The zero-order chi connectivity index (χ0) is 20.1. The SMILES string of the molecule is C=CCN1C(=O)C(=Cc2ccc(OC(=O)c3ccco3)c(OCC)c2)SC1=S. The zero-order valence-corrected chi connectivity index (χ0v) is 16.7. The van der Waals surface area contributed by atoms with Crippen molar-refractivity contribution in [2.75, 3.05) is 13.2 Å². The van der Waals surface area contributed by atoms with E-state index in [0.29, 0.717) is 28.1 Å². The molecular formula is C20H17NO5S2. The molecule has 1 aromatic heterocycles. The van der Waals surface area contributed by atoms with Gasteiger partial charge in [0.2, 0.25) is 5.76 Å². The molecule has 0 radical (unpaired) electrons. The van der Waals surface area contributed by atoms with Gasteiger partial charge in [-0.15, -0.1) is 6.58 Å². The molecule has 3 rings (SSSR count). The minimum Gasteiger partial charge on any atom is -0.490 e. The van der Waals surface area contributed by atoms with Crippen LogP contribution in [0.5, 0.6) is 11.5 Å². The molecule has 1 aliphatic rings. The summed E-state index contributed by atoms with van der Waals surface area (Å²) in [6.45, 7) is 6.22. The van der Waals surface area contributed by atoms with Gasteiger partial charge >= 0.3 is 5.97 Å². The molecule has 0 saturated carbocycles. The van der Waals surface area contributed by atoms with E-state index in [2.05, 4.69) is 6.58 Å². The number of furan rings is 1. The highest BCUT2D eigenvalue weighted by atomic mass is 32.2. The summed E-state index contributed by atoms with van der Waals surface area (Å²) in [4.78, 5) is 26.6. The third kappa shape index (κ3) is 4.35. The van der Waals surface area contributed by atoms with Gasteiger partial charge in [0.1, 0.15) is 4.32 Å². The normalized spacial score (nSPS) is 15.2. The molecule has 6 nitrogen and oxygen atoms in total. The first-order valence-corrected chi connectivity index (χ1v) is 9.64. The number of nitrogens with zero attached hydrogens (tertiary/aromatic N) is 1. The second-order valence-corrected chi connectivity index (χ2v) is 7.26. The number of esters is 1. The molecule has 28 heavy (non-hydrogen) atoms. The molecule has 1 amide bonds. The predicted molar refractivity (Wildman–Crippen MR) is 111 cm³/mol. The number of thioether (sulfide) groups is 1. The second kappa shape index (κ2) is 8.90. The van der Waals surface area contributed by atoms with E-state index in [0.717, 1.165) is 5.56 Å². The Bertz CT molecular complexity index is 950. The molecule has 0 aliphatic carbocycles. The fourth-order valence-corrected chi connectivity index (χ4v) is 3.72. The average molecular weight is 415 g/mol. The smallest absolute Gasteiger partial charge is 0.379 e. The Balaban J connectivity index is 1.84. The third-order valence-electron chi connectivity index (χ3n) is 3.68. The highest BCUT2D eigenvalue weighted by Crippen LogP contribution is 2.35. The Morgan fingerprint density at radius 2 is 2.18 bits per heavy atom. The fourth-order valence-electron chi connectivity index (χ4n) is 2.45. The topological polar surface area (TPSA) is 69.0 Å². The maximum Gasteiger partial charge on any atom is 0.379 e. The standard InChI is InChI=1S/C20H17NO5S2/c1-3-9-21-18(22)17(28-20(21)27)12-13-7-8-14(16(11-13)24-4-2)26-19(23)15-6-5-10-25-15/h3,5-8,10-12H,1,4,9H2,2H3. The van der Waals surface area contributed by atoms with Crippen molar-refractivity contribution in [1.29, 1.82) is 0 Å². The molecule has 1 aromatic carbocycles. The van der Waals surface area contributed by atoms with Crippen LogP contribution in [-0.2, 0) is 4.79 Å². The van der Waals surface area contributed by atoms with Crippen LogP contribution >= 0.6 is 24.0 Å². The van der Waals surface area contributed by atoms with Crippen LogP contribution in [-0.4, -0.2) is 34.2 Å². The number of carbonyl (C=O) groups excluding carboxylic acids is 2. The third-order valence-corrected chi connectivity index (χ3v) is 5.05. The molecule has 2 aromatic rings. The van der Waals surface area contributed by atoms with Gasteiger partial charge in [-0.3, -0.25) is 9.69 Å². The molecule has 8 heteroatoms. The van der Waals surface area contributed by atoms with E-state index in [9.17, 15) is 9.59 Å². The van der Waals surface area contributed by atoms with Crippen molar-refractivity contribution < 1.29 is 23.5 Å². The average Bonchev–Trinajstić information content (AvgIpc) is 3.29. The molecule has 144 valence electrons. The van der Waals surface area contributed by atoms with Crippen molar-refractivity contribution in [2.45, 2.75) is 6.92 Å². The first-order valence-electron chi connectivity index (χ1n) is 8.42. The van der Waals surface area contributed by atoms with Gasteiger partial charge in [-0.2, -0.15) is 0 Å². The fraction of sp³-hybridized carbons (Fsp3) is 0.150. The highest BCUT2D eigenvalue weighted by molar-refractivity contribution is 8.26. The molecule has 0 bridgehead atoms. The molecule has 1 fully saturated rings. The van der Waals surface area contributed by atoms with Crippen molar-refractivity contribution in [2.24, 2.45) is 0 Å². The quantitative estimate of drug-likeness (QED) is 0.220. The van der Waals surface area contributed by atoms with Crippen LogP contribution in [0.1, 0.15) is 23.0 Å². The zero-order valence-electron chi connectivity index (χ0n) is 15.0. The summed E-state index contributed by atoms with van der Waals surface area (Å²) >= 11 is 6.47. The first-order chi connectivity index (χ1) is 13.5.